The molecule has 0 aliphatic carbocycles. The first kappa shape index (κ1) is 21.8. The van der Waals surface area contributed by atoms with E-state index in [4.69, 9.17) is 4.74 Å². The van der Waals surface area contributed by atoms with E-state index in [1.54, 1.807) is 24.3 Å². The summed E-state index contributed by atoms with van der Waals surface area (Å²) in [7, 11) is -3.56. The number of esters is 1. The Bertz CT molecular complexity index is 1330. The molecule has 2 heterocycles. The van der Waals surface area contributed by atoms with Gasteiger partial charge in [-0.2, -0.15) is 4.31 Å². The van der Waals surface area contributed by atoms with Gasteiger partial charge in [-0.15, -0.1) is 0 Å². The molecule has 0 amide bonds. The zero-order valence-electron chi connectivity index (χ0n) is 17.1. The normalized spacial score (nSPS) is 14.5. The van der Waals surface area contributed by atoms with E-state index in [1.165, 1.54) is 34.9 Å². The Morgan fingerprint density at radius 3 is 2.41 bits per heavy atom. The lowest BCUT2D eigenvalue weighted by molar-refractivity contribution is -0.143. The monoisotopic (exact) mass is 455 g/mol. The molecule has 32 heavy (non-hydrogen) atoms. The van der Waals surface area contributed by atoms with Crippen molar-refractivity contribution in [1.29, 1.82) is 0 Å². The number of carbonyl (C=O) groups is 2. The summed E-state index contributed by atoms with van der Waals surface area (Å²) in [4.78, 5) is 41.1. The van der Waals surface area contributed by atoms with E-state index in [0.29, 0.717) is 24.0 Å². The Hall–Kier alpha value is -3.37. The van der Waals surface area contributed by atoms with Crippen LogP contribution in [0.15, 0.2) is 64.5 Å². The second-order valence-corrected chi connectivity index (χ2v) is 9.35. The lowest BCUT2D eigenvalue weighted by Gasteiger charge is -2.15. The van der Waals surface area contributed by atoms with Gasteiger partial charge in [-0.3, -0.25) is 19.0 Å². The minimum Gasteiger partial charge on any atom is -0.456 e. The topological polar surface area (TPSA) is 116 Å². The molecule has 10 heteroatoms. The molecule has 0 atom stereocenters. The minimum absolute atomic E-state index is 0.121. The van der Waals surface area contributed by atoms with Crippen molar-refractivity contribution >= 4 is 32.7 Å². The number of carbonyl (C=O) groups excluding carboxylic acids is 2. The van der Waals surface area contributed by atoms with Crippen LogP contribution in [0, 0.1) is 0 Å². The Morgan fingerprint density at radius 1 is 1.00 bits per heavy atom. The van der Waals surface area contributed by atoms with E-state index in [0.717, 1.165) is 17.4 Å². The van der Waals surface area contributed by atoms with Gasteiger partial charge >= 0.3 is 5.97 Å². The van der Waals surface area contributed by atoms with E-state index >= 15 is 0 Å². The lowest BCUT2D eigenvalue weighted by atomic mass is 10.1. The van der Waals surface area contributed by atoms with Gasteiger partial charge in [-0.25, -0.2) is 13.4 Å². The summed E-state index contributed by atoms with van der Waals surface area (Å²) >= 11 is 0. The number of hydrogen-bond acceptors (Lipinski definition) is 7. The summed E-state index contributed by atoms with van der Waals surface area (Å²) < 4.78 is 32.7. The first-order valence-electron chi connectivity index (χ1n) is 10.1. The minimum atomic E-state index is -3.56. The van der Waals surface area contributed by atoms with Gasteiger partial charge in [0, 0.05) is 18.7 Å². The van der Waals surface area contributed by atoms with Gasteiger partial charge in [0.25, 0.3) is 5.56 Å². The number of benzene rings is 2. The summed E-state index contributed by atoms with van der Waals surface area (Å²) in [5.41, 5.74) is 0.365. The maximum atomic E-state index is 12.6. The fourth-order valence-corrected chi connectivity index (χ4v) is 5.04. The van der Waals surface area contributed by atoms with Crippen molar-refractivity contribution in [2.24, 2.45) is 0 Å². The third-order valence-corrected chi connectivity index (χ3v) is 7.19. The van der Waals surface area contributed by atoms with Crippen LogP contribution in [0.3, 0.4) is 0 Å². The van der Waals surface area contributed by atoms with Gasteiger partial charge in [-0.05, 0) is 49.2 Å². The van der Waals surface area contributed by atoms with Gasteiger partial charge in [0.15, 0.2) is 12.4 Å². The van der Waals surface area contributed by atoms with Crippen molar-refractivity contribution < 1.29 is 22.7 Å². The second-order valence-electron chi connectivity index (χ2n) is 7.41. The van der Waals surface area contributed by atoms with Gasteiger partial charge in [0.1, 0.15) is 6.54 Å². The first-order valence-corrected chi connectivity index (χ1v) is 11.5. The van der Waals surface area contributed by atoms with Gasteiger partial charge in [-0.1, -0.05) is 12.1 Å². The van der Waals surface area contributed by atoms with E-state index in [-0.39, 0.29) is 22.6 Å². The standard InChI is InChI=1S/C22H21N3O6S/c26-20(16-7-9-17(10-8-16)32(29,30)25-11-3-4-12-25)14-31-21(27)13-24-15-23-19-6-2-1-5-18(19)22(24)28/h1-2,5-10,15H,3-4,11-14H2. The molecule has 0 radical (unpaired) electrons. The van der Waals surface area contributed by atoms with Crippen molar-refractivity contribution in [3.8, 4) is 0 Å². The van der Waals surface area contributed by atoms with Crippen LogP contribution in [0.5, 0.6) is 0 Å². The van der Waals surface area contributed by atoms with Crippen LogP contribution in [0.25, 0.3) is 10.9 Å². The molecule has 0 spiro atoms. The van der Waals surface area contributed by atoms with Crippen molar-refractivity contribution in [1.82, 2.24) is 13.9 Å². The highest BCUT2D eigenvalue weighted by Crippen LogP contribution is 2.21. The Labute approximate surface area is 184 Å². The van der Waals surface area contributed by atoms with Crippen LogP contribution in [-0.2, 0) is 26.1 Å². The lowest BCUT2D eigenvalue weighted by Crippen LogP contribution is -2.28. The summed E-state index contributed by atoms with van der Waals surface area (Å²) in [6.07, 6.45) is 2.93. The summed E-state index contributed by atoms with van der Waals surface area (Å²) in [6, 6.07) is 12.3. The average molecular weight is 455 g/mol. The molecule has 0 saturated carbocycles. The zero-order chi connectivity index (χ0) is 22.7. The molecule has 0 unspecified atom stereocenters. The SMILES string of the molecule is O=C(Cn1cnc2ccccc2c1=O)OCC(=O)c1ccc(S(=O)(=O)N2CCCC2)cc1. The number of nitrogens with zero attached hydrogens (tertiary/aromatic N) is 3. The van der Waals surface area contributed by atoms with Crippen LogP contribution >= 0.6 is 0 Å². The van der Waals surface area contributed by atoms with Gasteiger partial charge in [0.05, 0.1) is 22.1 Å². The van der Waals surface area contributed by atoms with Crippen LogP contribution in [0.2, 0.25) is 0 Å². The van der Waals surface area contributed by atoms with E-state index in [9.17, 15) is 22.8 Å². The maximum absolute atomic E-state index is 12.6. The molecule has 9 nitrogen and oxygen atoms in total. The number of rotatable bonds is 7. The predicted octanol–water partition coefficient (Wildman–Crippen LogP) is 1.61. The molecule has 1 aliphatic heterocycles. The highest BCUT2D eigenvalue weighted by atomic mass is 32.2. The predicted molar refractivity (Wildman–Crippen MR) is 116 cm³/mol. The molecule has 1 aromatic heterocycles. The highest BCUT2D eigenvalue weighted by molar-refractivity contribution is 7.89. The molecule has 4 rings (SSSR count). The molecule has 3 aromatic rings. The van der Waals surface area contributed by atoms with Crippen molar-refractivity contribution in [2.75, 3.05) is 19.7 Å². The largest absolute Gasteiger partial charge is 0.456 e. The Morgan fingerprint density at radius 2 is 1.69 bits per heavy atom. The molecule has 1 fully saturated rings. The van der Waals surface area contributed by atoms with Crippen LogP contribution in [0.4, 0.5) is 0 Å². The highest BCUT2D eigenvalue weighted by Gasteiger charge is 2.27. The molecule has 1 aliphatic rings. The van der Waals surface area contributed by atoms with Crippen molar-refractivity contribution in [3.05, 3.63) is 70.8 Å². The summed E-state index contributed by atoms with van der Waals surface area (Å²) in [5, 5.41) is 0.378. The number of sulfonamides is 1. The molecular weight excluding hydrogens is 434 g/mol. The third kappa shape index (κ3) is 4.46. The van der Waals surface area contributed by atoms with E-state index in [2.05, 4.69) is 4.98 Å². The number of hydrogen-bond donors (Lipinski definition) is 0. The molecule has 0 bridgehead atoms. The fraction of sp³-hybridized carbons (Fsp3) is 0.273. The zero-order valence-corrected chi connectivity index (χ0v) is 18.0. The average Bonchev–Trinajstić information content (AvgIpc) is 3.36. The van der Waals surface area contributed by atoms with Crippen LogP contribution in [-0.4, -0.2) is 53.7 Å². The smallest absolute Gasteiger partial charge is 0.326 e. The Balaban J connectivity index is 1.37. The van der Waals surface area contributed by atoms with Crippen molar-refractivity contribution in [3.63, 3.8) is 0 Å². The number of ketones is 1. The molecule has 166 valence electrons. The third-order valence-electron chi connectivity index (χ3n) is 5.27. The molecule has 2 aromatic carbocycles. The van der Waals surface area contributed by atoms with E-state index < -0.39 is 28.4 Å². The Kier molecular flexibility index (Phi) is 6.15. The number of Topliss-reactive ketones (excluding diaryl/α,β-unsaturated/α-hetero) is 1. The molecule has 1 saturated heterocycles. The van der Waals surface area contributed by atoms with Crippen LogP contribution < -0.4 is 5.56 Å². The maximum Gasteiger partial charge on any atom is 0.326 e. The van der Waals surface area contributed by atoms with Gasteiger partial charge in [0.2, 0.25) is 10.0 Å². The number of ether oxygens (including phenoxy) is 1. The second kappa shape index (κ2) is 9.01. The number of fused-ring (bicyclic) bond motifs is 1. The first-order chi connectivity index (χ1) is 15.4. The van der Waals surface area contributed by atoms with Crippen molar-refractivity contribution in [2.45, 2.75) is 24.3 Å². The molecule has 0 N–H and O–H groups in total. The quantitative estimate of drug-likeness (QED) is 0.393. The van der Waals surface area contributed by atoms with Gasteiger partial charge < -0.3 is 4.74 Å². The number of para-hydroxylation sites is 1. The summed E-state index contributed by atoms with van der Waals surface area (Å²) in [6.45, 7) is 0.0906. The fourth-order valence-electron chi connectivity index (χ4n) is 3.52. The molecular formula is C22H21N3O6S. The number of aromatic nitrogens is 2. The summed E-state index contributed by atoms with van der Waals surface area (Å²) in [5.74, 6) is -1.24. The van der Waals surface area contributed by atoms with Crippen LogP contribution in [0.1, 0.15) is 23.2 Å². The van der Waals surface area contributed by atoms with E-state index in [1.807, 2.05) is 0 Å².